The predicted molar refractivity (Wildman–Crippen MR) is 61.7 cm³/mol. The molecule has 1 aliphatic carbocycles. The Hall–Kier alpha value is -0.790. The minimum atomic E-state index is -0.614. The molecule has 0 amide bonds. The van der Waals surface area contributed by atoms with Gasteiger partial charge in [-0.05, 0) is 37.5 Å². The van der Waals surface area contributed by atoms with Gasteiger partial charge in [0.2, 0.25) is 0 Å². The van der Waals surface area contributed by atoms with Gasteiger partial charge in [-0.1, -0.05) is 25.8 Å². The van der Waals surface area contributed by atoms with Gasteiger partial charge >= 0.3 is 5.97 Å². The molecule has 1 saturated carbocycles. The van der Waals surface area contributed by atoms with Crippen LogP contribution in [0.2, 0.25) is 0 Å². The smallest absolute Gasteiger partial charge is 0.306 e. The van der Waals surface area contributed by atoms with Crippen LogP contribution in [0.15, 0.2) is 12.7 Å². The molecule has 1 fully saturated rings. The third-order valence-electron chi connectivity index (χ3n) is 3.57. The molecule has 3 atom stereocenters. The van der Waals surface area contributed by atoms with Crippen LogP contribution in [0.1, 0.15) is 45.4 Å². The number of hydrogen-bond donors (Lipinski definition) is 1. The standard InChI is InChI=1S/C13H22O2/c1-3-5-10-7-8-12(13(14)15)11(9-10)6-4-2/h4,10-12H,2-3,5-9H2,1H3,(H,14,15). The van der Waals surface area contributed by atoms with E-state index in [-0.39, 0.29) is 5.92 Å². The summed E-state index contributed by atoms with van der Waals surface area (Å²) in [6, 6.07) is 0. The Bertz CT molecular complexity index is 223. The summed E-state index contributed by atoms with van der Waals surface area (Å²) in [7, 11) is 0. The molecule has 15 heavy (non-hydrogen) atoms. The van der Waals surface area contributed by atoms with Crippen molar-refractivity contribution in [3.63, 3.8) is 0 Å². The molecule has 0 aromatic carbocycles. The maximum absolute atomic E-state index is 11.1. The zero-order chi connectivity index (χ0) is 11.3. The Morgan fingerprint density at radius 3 is 2.80 bits per heavy atom. The summed E-state index contributed by atoms with van der Waals surface area (Å²) >= 11 is 0. The van der Waals surface area contributed by atoms with Gasteiger partial charge in [0.25, 0.3) is 0 Å². The number of hydrogen-bond acceptors (Lipinski definition) is 1. The molecule has 0 aromatic rings. The summed E-state index contributed by atoms with van der Waals surface area (Å²) in [5.41, 5.74) is 0. The first-order valence-corrected chi connectivity index (χ1v) is 6.02. The van der Waals surface area contributed by atoms with E-state index in [0.29, 0.717) is 5.92 Å². The van der Waals surface area contributed by atoms with Crippen LogP contribution in [0, 0.1) is 17.8 Å². The van der Waals surface area contributed by atoms with E-state index >= 15 is 0 Å². The lowest BCUT2D eigenvalue weighted by Crippen LogP contribution is -2.30. The third-order valence-corrected chi connectivity index (χ3v) is 3.57. The average Bonchev–Trinajstić information content (AvgIpc) is 2.18. The van der Waals surface area contributed by atoms with E-state index < -0.39 is 5.97 Å². The highest BCUT2D eigenvalue weighted by Crippen LogP contribution is 2.38. The van der Waals surface area contributed by atoms with E-state index in [1.165, 1.54) is 12.8 Å². The van der Waals surface area contributed by atoms with Crippen molar-refractivity contribution in [2.24, 2.45) is 17.8 Å². The second-order valence-corrected chi connectivity index (χ2v) is 4.70. The lowest BCUT2D eigenvalue weighted by Gasteiger charge is -2.33. The van der Waals surface area contributed by atoms with Crippen molar-refractivity contribution in [3.05, 3.63) is 12.7 Å². The SMILES string of the molecule is C=CCC1CC(CCC)CCC1C(=O)O. The summed E-state index contributed by atoms with van der Waals surface area (Å²) in [5.74, 6) is 0.328. The van der Waals surface area contributed by atoms with Gasteiger partial charge in [-0.2, -0.15) is 0 Å². The largest absolute Gasteiger partial charge is 0.481 e. The highest BCUT2D eigenvalue weighted by Gasteiger charge is 2.33. The molecule has 2 nitrogen and oxygen atoms in total. The van der Waals surface area contributed by atoms with Crippen LogP contribution in [0.4, 0.5) is 0 Å². The van der Waals surface area contributed by atoms with Crippen LogP contribution >= 0.6 is 0 Å². The third kappa shape index (κ3) is 3.37. The van der Waals surface area contributed by atoms with Gasteiger partial charge in [0.05, 0.1) is 5.92 Å². The van der Waals surface area contributed by atoms with Crippen LogP contribution in [0.5, 0.6) is 0 Å². The summed E-state index contributed by atoms with van der Waals surface area (Å²) in [6.45, 7) is 5.93. The van der Waals surface area contributed by atoms with Crippen LogP contribution in [0.25, 0.3) is 0 Å². The van der Waals surface area contributed by atoms with E-state index in [1.54, 1.807) is 0 Å². The zero-order valence-corrected chi connectivity index (χ0v) is 9.61. The molecular weight excluding hydrogens is 188 g/mol. The molecule has 0 spiro atoms. The number of carbonyl (C=O) groups is 1. The molecular formula is C13H22O2. The number of aliphatic carboxylic acids is 1. The topological polar surface area (TPSA) is 37.3 Å². The van der Waals surface area contributed by atoms with Crippen LogP contribution in [-0.4, -0.2) is 11.1 Å². The molecule has 1 N–H and O–H groups in total. The van der Waals surface area contributed by atoms with Crippen molar-refractivity contribution >= 4 is 5.97 Å². The van der Waals surface area contributed by atoms with Crippen molar-refractivity contribution in [3.8, 4) is 0 Å². The summed E-state index contributed by atoms with van der Waals surface area (Å²) in [5, 5.41) is 9.12. The monoisotopic (exact) mass is 210 g/mol. The molecule has 2 heteroatoms. The van der Waals surface area contributed by atoms with Gasteiger partial charge in [-0.15, -0.1) is 6.58 Å². The first kappa shape index (κ1) is 12.3. The second-order valence-electron chi connectivity index (χ2n) is 4.70. The maximum Gasteiger partial charge on any atom is 0.306 e. The predicted octanol–water partition coefficient (Wildman–Crippen LogP) is 3.48. The average molecular weight is 210 g/mol. The molecule has 1 rings (SSSR count). The van der Waals surface area contributed by atoms with E-state index in [0.717, 1.165) is 31.6 Å². The summed E-state index contributed by atoms with van der Waals surface area (Å²) in [6.07, 6.45) is 8.23. The van der Waals surface area contributed by atoms with E-state index in [9.17, 15) is 4.79 Å². The van der Waals surface area contributed by atoms with Crippen LogP contribution in [-0.2, 0) is 4.79 Å². The Balaban J connectivity index is 2.56. The van der Waals surface area contributed by atoms with E-state index in [1.807, 2.05) is 6.08 Å². The molecule has 0 radical (unpaired) electrons. The Labute approximate surface area is 92.4 Å². The van der Waals surface area contributed by atoms with Gasteiger partial charge in [-0.25, -0.2) is 0 Å². The van der Waals surface area contributed by atoms with E-state index in [4.69, 9.17) is 5.11 Å². The number of rotatable bonds is 5. The molecule has 0 bridgehead atoms. The first-order valence-electron chi connectivity index (χ1n) is 6.02. The fourth-order valence-electron chi connectivity index (χ4n) is 2.83. The van der Waals surface area contributed by atoms with Crippen LogP contribution in [0.3, 0.4) is 0 Å². The van der Waals surface area contributed by atoms with Crippen LogP contribution < -0.4 is 0 Å². The van der Waals surface area contributed by atoms with Gasteiger partial charge < -0.3 is 5.11 Å². The second kappa shape index (κ2) is 5.94. The summed E-state index contributed by atoms with van der Waals surface area (Å²) in [4.78, 5) is 11.1. The lowest BCUT2D eigenvalue weighted by molar-refractivity contribution is -0.145. The quantitative estimate of drug-likeness (QED) is 0.705. The molecule has 0 heterocycles. The van der Waals surface area contributed by atoms with Crippen molar-refractivity contribution in [1.82, 2.24) is 0 Å². The van der Waals surface area contributed by atoms with Gasteiger partial charge in [-0.3, -0.25) is 4.79 Å². The molecule has 1 aliphatic rings. The zero-order valence-electron chi connectivity index (χ0n) is 9.61. The molecule has 86 valence electrons. The normalized spacial score (nSPS) is 31.1. The van der Waals surface area contributed by atoms with Gasteiger partial charge in [0.15, 0.2) is 0 Å². The minimum absolute atomic E-state index is 0.129. The first-order chi connectivity index (χ1) is 7.19. The minimum Gasteiger partial charge on any atom is -0.481 e. The molecule has 0 saturated heterocycles. The molecule has 3 unspecified atom stereocenters. The van der Waals surface area contributed by atoms with Gasteiger partial charge in [0.1, 0.15) is 0 Å². The number of allylic oxidation sites excluding steroid dienone is 1. The number of carboxylic acid groups (broad SMARTS) is 1. The van der Waals surface area contributed by atoms with Crippen molar-refractivity contribution in [2.45, 2.75) is 45.4 Å². The Morgan fingerprint density at radius 2 is 2.27 bits per heavy atom. The molecule has 0 aliphatic heterocycles. The highest BCUT2D eigenvalue weighted by atomic mass is 16.4. The fourth-order valence-corrected chi connectivity index (χ4v) is 2.83. The Morgan fingerprint density at radius 1 is 1.53 bits per heavy atom. The maximum atomic E-state index is 11.1. The van der Waals surface area contributed by atoms with Gasteiger partial charge in [0, 0.05) is 0 Å². The Kier molecular flexibility index (Phi) is 4.86. The van der Waals surface area contributed by atoms with E-state index in [2.05, 4.69) is 13.5 Å². The molecule has 0 aromatic heterocycles. The van der Waals surface area contributed by atoms with Crippen molar-refractivity contribution in [1.29, 1.82) is 0 Å². The fraction of sp³-hybridized carbons (Fsp3) is 0.769. The van der Waals surface area contributed by atoms with Crippen molar-refractivity contribution < 1.29 is 9.90 Å². The van der Waals surface area contributed by atoms with Crippen molar-refractivity contribution in [2.75, 3.05) is 0 Å². The number of carboxylic acids is 1. The lowest BCUT2D eigenvalue weighted by atomic mass is 9.71. The summed E-state index contributed by atoms with van der Waals surface area (Å²) < 4.78 is 0. The highest BCUT2D eigenvalue weighted by molar-refractivity contribution is 5.70.